The molecule has 0 unspecified atom stereocenters. The van der Waals surface area contributed by atoms with Crippen molar-refractivity contribution >= 4 is 50.6 Å². The molecule has 3 heterocycles. The average Bonchev–Trinajstić information content (AvgIpc) is 3.26. The molecule has 0 fully saturated rings. The minimum Gasteiger partial charge on any atom is -0.348 e. The van der Waals surface area contributed by atoms with E-state index in [1.54, 1.807) is 11.3 Å². The van der Waals surface area contributed by atoms with Gasteiger partial charge in [0.2, 0.25) is 5.91 Å². The fraction of sp³-hybridized carbons (Fsp3) is 0.421. The van der Waals surface area contributed by atoms with Crippen LogP contribution in [0.3, 0.4) is 0 Å². The van der Waals surface area contributed by atoms with Gasteiger partial charge in [-0.25, -0.2) is 9.97 Å². The van der Waals surface area contributed by atoms with Gasteiger partial charge in [0.1, 0.15) is 15.7 Å². The van der Waals surface area contributed by atoms with Gasteiger partial charge in [-0.3, -0.25) is 4.79 Å². The molecule has 7 heteroatoms. The van der Waals surface area contributed by atoms with Crippen molar-refractivity contribution in [2.75, 3.05) is 5.75 Å². The van der Waals surface area contributed by atoms with Gasteiger partial charge in [0.15, 0.2) is 0 Å². The molecule has 0 aromatic carbocycles. The number of amides is 1. The molecule has 4 rings (SSSR count). The van der Waals surface area contributed by atoms with Crippen molar-refractivity contribution in [1.82, 2.24) is 15.3 Å². The monoisotopic (exact) mass is 403 g/mol. The predicted octanol–water partition coefficient (Wildman–Crippen LogP) is 4.91. The molecular formula is C19H21N3OS3. The first kappa shape index (κ1) is 17.9. The second-order valence-corrected chi connectivity index (χ2v) is 9.59. The van der Waals surface area contributed by atoms with Crippen molar-refractivity contribution < 1.29 is 4.79 Å². The highest BCUT2D eigenvalue weighted by atomic mass is 32.2. The summed E-state index contributed by atoms with van der Waals surface area (Å²) in [5, 5.41) is 7.27. The van der Waals surface area contributed by atoms with Crippen LogP contribution in [0, 0.1) is 6.92 Å². The van der Waals surface area contributed by atoms with Gasteiger partial charge >= 0.3 is 0 Å². The molecule has 0 saturated carbocycles. The molecule has 26 heavy (non-hydrogen) atoms. The van der Waals surface area contributed by atoms with E-state index < -0.39 is 0 Å². The van der Waals surface area contributed by atoms with E-state index in [0.717, 1.165) is 28.5 Å². The van der Waals surface area contributed by atoms with Gasteiger partial charge in [-0.05, 0) is 56.5 Å². The summed E-state index contributed by atoms with van der Waals surface area (Å²) < 4.78 is 0. The van der Waals surface area contributed by atoms with Gasteiger partial charge < -0.3 is 5.32 Å². The predicted molar refractivity (Wildman–Crippen MR) is 110 cm³/mol. The molecule has 1 amide bonds. The van der Waals surface area contributed by atoms with E-state index in [4.69, 9.17) is 0 Å². The Balaban J connectivity index is 1.51. The summed E-state index contributed by atoms with van der Waals surface area (Å²) in [4.78, 5) is 25.4. The largest absolute Gasteiger partial charge is 0.348 e. The van der Waals surface area contributed by atoms with Crippen LogP contribution in [0.4, 0.5) is 0 Å². The third-order valence-electron chi connectivity index (χ3n) is 4.58. The number of carbonyl (C=O) groups is 1. The third-order valence-corrected chi connectivity index (χ3v) is 7.80. The first-order valence-electron chi connectivity index (χ1n) is 8.86. The lowest BCUT2D eigenvalue weighted by atomic mass is 9.97. The number of thioether (sulfide) groups is 1. The molecular weight excluding hydrogens is 382 g/mol. The van der Waals surface area contributed by atoms with Crippen molar-refractivity contribution in [1.29, 1.82) is 0 Å². The Morgan fingerprint density at radius 3 is 3.00 bits per heavy atom. The summed E-state index contributed by atoms with van der Waals surface area (Å²) >= 11 is 5.01. The first-order valence-corrected chi connectivity index (χ1v) is 11.5. The van der Waals surface area contributed by atoms with Crippen LogP contribution in [0.15, 0.2) is 22.5 Å². The van der Waals surface area contributed by atoms with Crippen LogP contribution in [0.1, 0.15) is 46.9 Å². The number of aromatic nitrogens is 2. The fourth-order valence-electron chi connectivity index (χ4n) is 3.36. The number of carbonyl (C=O) groups excluding carboxylic acids is 1. The zero-order chi connectivity index (χ0) is 18.1. The fourth-order valence-corrected chi connectivity index (χ4v) is 6.37. The highest BCUT2D eigenvalue weighted by molar-refractivity contribution is 8.00. The van der Waals surface area contributed by atoms with Gasteiger partial charge in [-0.15, -0.1) is 22.7 Å². The highest BCUT2D eigenvalue weighted by Crippen LogP contribution is 2.39. The Kier molecular flexibility index (Phi) is 5.29. The Morgan fingerprint density at radius 2 is 2.19 bits per heavy atom. The molecule has 0 saturated heterocycles. The lowest BCUT2D eigenvalue weighted by molar-refractivity contribution is -0.119. The summed E-state index contributed by atoms with van der Waals surface area (Å²) in [5.41, 5.74) is 1.42. The molecule has 0 bridgehead atoms. The van der Waals surface area contributed by atoms with Gasteiger partial charge in [0.05, 0.1) is 11.8 Å². The first-order chi connectivity index (χ1) is 12.6. The smallest absolute Gasteiger partial charge is 0.230 e. The lowest BCUT2D eigenvalue weighted by Crippen LogP contribution is -2.27. The topological polar surface area (TPSA) is 54.9 Å². The molecule has 0 radical (unpaired) electrons. The summed E-state index contributed by atoms with van der Waals surface area (Å²) in [6.45, 7) is 3.96. The summed E-state index contributed by atoms with van der Waals surface area (Å²) in [6, 6.07) is 4.11. The summed E-state index contributed by atoms with van der Waals surface area (Å²) in [6.07, 6.45) is 4.75. The summed E-state index contributed by atoms with van der Waals surface area (Å²) in [7, 11) is 0. The van der Waals surface area contributed by atoms with Crippen LogP contribution in [-0.4, -0.2) is 21.6 Å². The maximum Gasteiger partial charge on any atom is 0.230 e. The zero-order valence-electron chi connectivity index (χ0n) is 14.9. The number of nitrogens with zero attached hydrogens (tertiary/aromatic N) is 2. The lowest BCUT2D eigenvalue weighted by Gasteiger charge is -2.13. The maximum atomic E-state index is 12.4. The van der Waals surface area contributed by atoms with Gasteiger partial charge in [0.25, 0.3) is 0 Å². The molecule has 136 valence electrons. The molecule has 3 aromatic heterocycles. The van der Waals surface area contributed by atoms with E-state index in [1.807, 2.05) is 36.6 Å². The van der Waals surface area contributed by atoms with Crippen molar-refractivity contribution in [2.24, 2.45) is 0 Å². The van der Waals surface area contributed by atoms with E-state index in [9.17, 15) is 4.79 Å². The van der Waals surface area contributed by atoms with Crippen LogP contribution < -0.4 is 5.32 Å². The third kappa shape index (κ3) is 3.66. The normalized spacial score (nSPS) is 15.0. The number of nitrogens with one attached hydrogen (secondary N) is 1. The highest BCUT2D eigenvalue weighted by Gasteiger charge is 2.21. The van der Waals surface area contributed by atoms with Crippen molar-refractivity contribution in [3.63, 3.8) is 0 Å². The van der Waals surface area contributed by atoms with Gasteiger partial charge in [-0.2, -0.15) is 0 Å². The van der Waals surface area contributed by atoms with E-state index in [1.165, 1.54) is 45.3 Å². The molecule has 1 N–H and O–H groups in total. The van der Waals surface area contributed by atoms with Gasteiger partial charge in [0, 0.05) is 15.1 Å². The van der Waals surface area contributed by atoms with Crippen LogP contribution in [0.25, 0.3) is 10.2 Å². The minimum absolute atomic E-state index is 0.0455. The van der Waals surface area contributed by atoms with Crippen LogP contribution in [0.2, 0.25) is 0 Å². The SMILES string of the molecule is Cc1nc(SCC(=O)N[C@H](C)c2cccs2)c2c3c(sc2n1)CCCC3. The second kappa shape index (κ2) is 7.66. The Hall–Kier alpha value is -1.44. The quantitative estimate of drug-likeness (QED) is 0.486. The number of thiophene rings is 2. The maximum absolute atomic E-state index is 12.4. The summed E-state index contributed by atoms with van der Waals surface area (Å²) in [5.74, 6) is 1.21. The van der Waals surface area contributed by atoms with E-state index in [-0.39, 0.29) is 11.9 Å². The van der Waals surface area contributed by atoms with E-state index >= 15 is 0 Å². The number of hydrogen-bond donors (Lipinski definition) is 1. The molecule has 0 spiro atoms. The molecule has 1 aliphatic rings. The van der Waals surface area contributed by atoms with Crippen molar-refractivity contribution in [2.45, 2.75) is 50.6 Å². The number of aryl methyl sites for hydroxylation is 3. The second-order valence-electron chi connectivity index (χ2n) is 6.56. The Labute approximate surface area is 165 Å². The number of fused-ring (bicyclic) bond motifs is 3. The molecule has 3 aromatic rings. The van der Waals surface area contributed by atoms with Crippen LogP contribution in [0.5, 0.6) is 0 Å². The van der Waals surface area contributed by atoms with E-state index in [0.29, 0.717) is 5.75 Å². The van der Waals surface area contributed by atoms with Crippen molar-refractivity contribution in [3.8, 4) is 0 Å². The standard InChI is InChI=1S/C19H21N3OS3/c1-11(14-8-5-9-24-14)20-16(23)10-25-18-17-13-6-3-4-7-15(13)26-19(17)22-12(2)21-18/h5,8-9,11H,3-4,6-7,10H2,1-2H3,(H,20,23)/t11-/m1/s1. The number of rotatable bonds is 5. The molecule has 4 nitrogen and oxygen atoms in total. The molecule has 0 aliphatic heterocycles. The molecule has 1 aliphatic carbocycles. The number of hydrogen-bond acceptors (Lipinski definition) is 6. The zero-order valence-corrected chi connectivity index (χ0v) is 17.3. The molecule has 1 atom stereocenters. The van der Waals surface area contributed by atoms with Crippen LogP contribution >= 0.6 is 34.4 Å². The Morgan fingerprint density at radius 1 is 1.35 bits per heavy atom. The minimum atomic E-state index is 0.0455. The van der Waals surface area contributed by atoms with Gasteiger partial charge in [-0.1, -0.05) is 17.8 Å². The van der Waals surface area contributed by atoms with E-state index in [2.05, 4.69) is 21.4 Å². The average molecular weight is 404 g/mol. The van der Waals surface area contributed by atoms with Crippen LogP contribution in [-0.2, 0) is 17.6 Å². The Bertz CT molecular complexity index is 933. The van der Waals surface area contributed by atoms with Crippen molar-refractivity contribution in [3.05, 3.63) is 38.7 Å².